The minimum atomic E-state index is -5.02. The molecule has 37 heavy (non-hydrogen) atoms. The highest BCUT2D eigenvalue weighted by molar-refractivity contribution is 5.93. The van der Waals surface area contributed by atoms with Gasteiger partial charge in [0.15, 0.2) is 6.04 Å². The number of carbonyl (C=O) groups excluding carboxylic acids is 4. The Kier molecular flexibility index (Phi) is 8.84. The quantitative estimate of drug-likeness (QED) is 0.337. The van der Waals surface area contributed by atoms with Crippen molar-refractivity contribution >= 4 is 24.1 Å². The van der Waals surface area contributed by atoms with Crippen LogP contribution in [0.25, 0.3) is 0 Å². The van der Waals surface area contributed by atoms with E-state index in [0.29, 0.717) is 5.56 Å². The van der Waals surface area contributed by atoms with Gasteiger partial charge in [-0.15, -0.1) is 5.01 Å². The number of carbonyl (C=O) groups is 4. The smallest absolute Gasteiger partial charge is 0.435 e. The zero-order chi connectivity index (χ0) is 28.3. The first-order chi connectivity index (χ1) is 16.9. The lowest BCUT2D eigenvalue weighted by molar-refractivity contribution is -0.148. The molecule has 2 rings (SSSR count). The summed E-state index contributed by atoms with van der Waals surface area (Å²) < 4.78 is 56.7. The average molecular weight is 532 g/mol. The highest BCUT2D eigenvalue weighted by Gasteiger charge is 2.71. The Morgan fingerprint density at radius 3 is 1.84 bits per heavy atom. The Morgan fingerprint density at radius 2 is 1.43 bits per heavy atom. The van der Waals surface area contributed by atoms with Crippen molar-refractivity contribution in [2.24, 2.45) is 0 Å². The highest BCUT2D eigenvalue weighted by atomic mass is 19.4. The van der Waals surface area contributed by atoms with Crippen molar-refractivity contribution in [3.05, 3.63) is 35.9 Å². The van der Waals surface area contributed by atoms with Crippen LogP contribution in [0.3, 0.4) is 0 Å². The summed E-state index contributed by atoms with van der Waals surface area (Å²) >= 11 is 0. The summed E-state index contributed by atoms with van der Waals surface area (Å²) in [5, 5.41) is 2.51. The minimum Gasteiger partial charge on any atom is -0.467 e. The maximum Gasteiger partial charge on any atom is 0.435 e. The SMILES string of the molecule is COC(=O)[C@H](Cc1ccccc1)NC(=O)[C@H]1[C@H](C(F)(F)F)N1N(C(=O)OC(C)(C)C)C(=O)OC(C)(C)C. The second-order valence-electron chi connectivity index (χ2n) is 10.4. The van der Waals surface area contributed by atoms with Crippen molar-refractivity contribution in [2.75, 3.05) is 7.11 Å². The molecule has 1 saturated heterocycles. The molecule has 13 heteroatoms. The number of nitrogens with zero attached hydrogens (tertiary/aromatic N) is 2. The standard InChI is InChI=1S/C24H32F3N3O7/c1-22(2,3)36-20(33)30(21(34)37-23(4,5)6)29-16(17(29)24(25,26)27)18(31)28-15(19(32)35-7)13-14-11-9-8-10-12-14/h8-12,15-17H,13H2,1-7H3,(H,28,31)/t15-,16+,17+,29?/m0/s1. The van der Waals surface area contributed by atoms with E-state index in [1.165, 1.54) is 41.5 Å². The molecule has 1 aromatic rings. The molecule has 0 radical (unpaired) electrons. The van der Waals surface area contributed by atoms with E-state index in [9.17, 15) is 32.3 Å². The average Bonchev–Trinajstić information content (AvgIpc) is 3.46. The number of benzene rings is 1. The second kappa shape index (κ2) is 11.0. The molecule has 3 amide bonds. The molecule has 0 bridgehead atoms. The van der Waals surface area contributed by atoms with E-state index in [1.807, 2.05) is 0 Å². The predicted molar refractivity (Wildman–Crippen MR) is 124 cm³/mol. The van der Waals surface area contributed by atoms with Gasteiger partial charge in [0.1, 0.15) is 23.3 Å². The highest BCUT2D eigenvalue weighted by Crippen LogP contribution is 2.43. The van der Waals surface area contributed by atoms with E-state index in [1.54, 1.807) is 30.3 Å². The van der Waals surface area contributed by atoms with E-state index in [-0.39, 0.29) is 16.4 Å². The number of amides is 3. The Hall–Kier alpha value is -3.35. The van der Waals surface area contributed by atoms with Crippen LogP contribution in [0.15, 0.2) is 30.3 Å². The van der Waals surface area contributed by atoms with Gasteiger partial charge in [0, 0.05) is 6.42 Å². The fourth-order valence-corrected chi connectivity index (χ4v) is 3.38. The largest absolute Gasteiger partial charge is 0.467 e. The normalized spacial score (nSPS) is 20.3. The summed E-state index contributed by atoms with van der Waals surface area (Å²) in [7, 11) is 1.07. The molecular formula is C24H32F3N3O7. The van der Waals surface area contributed by atoms with E-state index in [0.717, 1.165) is 7.11 Å². The van der Waals surface area contributed by atoms with Crippen LogP contribution in [-0.4, -0.2) is 76.7 Å². The lowest BCUT2D eigenvalue weighted by Gasteiger charge is -2.29. The van der Waals surface area contributed by atoms with Crippen LogP contribution in [-0.2, 0) is 30.2 Å². The summed E-state index contributed by atoms with van der Waals surface area (Å²) in [6.45, 7) is 8.73. The summed E-state index contributed by atoms with van der Waals surface area (Å²) in [4.78, 5) is 50.9. The molecule has 1 aromatic carbocycles. The first kappa shape index (κ1) is 29.9. The number of imide groups is 1. The van der Waals surface area contributed by atoms with Gasteiger partial charge in [-0.3, -0.25) is 4.79 Å². The van der Waals surface area contributed by atoms with Crippen LogP contribution in [0.5, 0.6) is 0 Å². The molecule has 0 spiro atoms. The number of alkyl halides is 3. The van der Waals surface area contributed by atoms with Gasteiger partial charge in [0.2, 0.25) is 5.91 Å². The number of hydrogen-bond donors (Lipinski definition) is 1. The first-order valence-corrected chi connectivity index (χ1v) is 11.4. The number of hydrazine groups is 1. The molecule has 0 saturated carbocycles. The number of ether oxygens (including phenoxy) is 3. The maximum atomic E-state index is 13.9. The van der Waals surface area contributed by atoms with Gasteiger partial charge in [0.05, 0.1) is 7.11 Å². The summed E-state index contributed by atoms with van der Waals surface area (Å²) in [6, 6.07) is 2.50. The van der Waals surface area contributed by atoms with Crippen molar-refractivity contribution in [1.29, 1.82) is 0 Å². The van der Waals surface area contributed by atoms with Gasteiger partial charge < -0.3 is 19.5 Å². The fraction of sp³-hybridized carbons (Fsp3) is 0.583. The third kappa shape index (κ3) is 8.34. The van der Waals surface area contributed by atoms with Crippen LogP contribution >= 0.6 is 0 Å². The molecule has 1 aliphatic rings. The molecule has 0 aliphatic carbocycles. The van der Waals surface area contributed by atoms with Crippen molar-refractivity contribution in [3.8, 4) is 0 Å². The number of hydrogen-bond acceptors (Lipinski definition) is 8. The first-order valence-electron chi connectivity index (χ1n) is 11.4. The van der Waals surface area contributed by atoms with Crippen LogP contribution in [0.2, 0.25) is 0 Å². The van der Waals surface area contributed by atoms with Crippen LogP contribution < -0.4 is 5.32 Å². The molecular weight excluding hydrogens is 499 g/mol. The Morgan fingerprint density at radius 1 is 0.946 bits per heavy atom. The van der Waals surface area contributed by atoms with Gasteiger partial charge >= 0.3 is 24.3 Å². The Balaban J connectivity index is 2.39. The van der Waals surface area contributed by atoms with Gasteiger partial charge in [0.25, 0.3) is 0 Å². The second-order valence-corrected chi connectivity index (χ2v) is 10.4. The van der Waals surface area contributed by atoms with Crippen molar-refractivity contribution < 1.29 is 46.6 Å². The van der Waals surface area contributed by atoms with E-state index in [2.05, 4.69) is 5.32 Å². The van der Waals surface area contributed by atoms with E-state index >= 15 is 0 Å². The zero-order valence-electron chi connectivity index (χ0n) is 21.7. The lowest BCUT2D eigenvalue weighted by atomic mass is 10.1. The molecule has 0 aromatic heterocycles. The maximum absolute atomic E-state index is 13.9. The number of nitrogens with one attached hydrogen (secondary N) is 1. The number of halogens is 3. The number of rotatable bonds is 6. The minimum absolute atomic E-state index is 0.0310. The van der Waals surface area contributed by atoms with Gasteiger partial charge in [-0.2, -0.15) is 18.2 Å². The molecule has 1 fully saturated rings. The third-order valence-electron chi connectivity index (χ3n) is 4.83. The molecule has 4 atom stereocenters. The van der Waals surface area contributed by atoms with E-state index < -0.39 is 59.6 Å². The van der Waals surface area contributed by atoms with Crippen LogP contribution in [0, 0.1) is 0 Å². The third-order valence-corrected chi connectivity index (χ3v) is 4.83. The fourth-order valence-electron chi connectivity index (χ4n) is 3.38. The van der Waals surface area contributed by atoms with Crippen LogP contribution in [0.4, 0.5) is 22.8 Å². The van der Waals surface area contributed by atoms with Gasteiger partial charge in [-0.25, -0.2) is 14.4 Å². The molecule has 1 heterocycles. The molecule has 1 unspecified atom stereocenters. The van der Waals surface area contributed by atoms with Gasteiger partial charge in [-0.05, 0) is 47.1 Å². The zero-order valence-corrected chi connectivity index (χ0v) is 21.7. The Labute approximate surface area is 213 Å². The monoisotopic (exact) mass is 531 g/mol. The van der Waals surface area contributed by atoms with Crippen molar-refractivity contribution in [1.82, 2.24) is 15.3 Å². The summed E-state index contributed by atoms with van der Waals surface area (Å²) in [5.74, 6) is -2.13. The lowest BCUT2D eigenvalue weighted by Crippen LogP contribution is -2.50. The molecule has 1 aliphatic heterocycles. The summed E-state index contributed by atoms with van der Waals surface area (Å²) in [6.07, 6.45) is -8.00. The Bertz CT molecular complexity index is 976. The van der Waals surface area contributed by atoms with Crippen LogP contribution in [0.1, 0.15) is 47.1 Å². The van der Waals surface area contributed by atoms with Gasteiger partial charge in [-0.1, -0.05) is 30.3 Å². The topological polar surface area (TPSA) is 114 Å². The number of methoxy groups -OCH3 is 1. The molecule has 10 nitrogen and oxygen atoms in total. The van der Waals surface area contributed by atoms with E-state index in [4.69, 9.17) is 14.2 Å². The summed E-state index contributed by atoms with van der Waals surface area (Å²) in [5.41, 5.74) is -1.74. The number of esters is 1. The molecule has 206 valence electrons. The predicted octanol–water partition coefficient (Wildman–Crippen LogP) is 3.59. The molecule has 1 N–H and O–H groups in total. The van der Waals surface area contributed by atoms with Crippen molar-refractivity contribution in [2.45, 2.75) is 83.5 Å². The van der Waals surface area contributed by atoms with Crippen molar-refractivity contribution in [3.63, 3.8) is 0 Å².